The van der Waals surface area contributed by atoms with Gasteiger partial charge in [-0.25, -0.2) is 0 Å². The monoisotopic (exact) mass is 373 g/mol. The third kappa shape index (κ3) is 4.93. The van der Waals surface area contributed by atoms with Gasteiger partial charge in [-0.05, 0) is 25.5 Å². The summed E-state index contributed by atoms with van der Waals surface area (Å²) >= 11 is 0. The van der Waals surface area contributed by atoms with E-state index in [9.17, 15) is 19.2 Å². The fourth-order valence-corrected chi connectivity index (χ4v) is 3.17. The van der Waals surface area contributed by atoms with Gasteiger partial charge in [0.25, 0.3) is 5.91 Å². The molecule has 0 saturated carbocycles. The maximum Gasteiger partial charge on any atom is 0.258 e. The number of hydrogen-bond donors (Lipinski definition) is 2. The molecule has 1 aromatic carbocycles. The highest BCUT2D eigenvalue weighted by Gasteiger charge is 2.43. The number of para-hydroxylation sites is 1. The molecule has 27 heavy (non-hydrogen) atoms. The van der Waals surface area contributed by atoms with Gasteiger partial charge in [0, 0.05) is 18.5 Å². The van der Waals surface area contributed by atoms with Crippen LogP contribution in [-0.2, 0) is 14.4 Å². The molecule has 0 bridgehead atoms. The summed E-state index contributed by atoms with van der Waals surface area (Å²) in [7, 11) is 0. The summed E-state index contributed by atoms with van der Waals surface area (Å²) in [5.41, 5.74) is 5.38. The molecule has 7 heteroatoms. The lowest BCUT2D eigenvalue weighted by Crippen LogP contribution is -2.54. The maximum absolute atomic E-state index is 12.6. The van der Waals surface area contributed by atoms with Crippen molar-refractivity contribution in [1.82, 2.24) is 10.9 Å². The molecular weight excluding hydrogens is 346 g/mol. The first-order valence-corrected chi connectivity index (χ1v) is 9.54. The predicted octanol–water partition coefficient (Wildman–Crippen LogP) is 2.36. The first-order chi connectivity index (χ1) is 13.0. The van der Waals surface area contributed by atoms with Gasteiger partial charge in [-0.2, -0.15) is 0 Å². The number of carbonyl (C=O) groups is 4. The van der Waals surface area contributed by atoms with Crippen molar-refractivity contribution < 1.29 is 19.2 Å². The average molecular weight is 373 g/mol. The number of anilines is 1. The fourth-order valence-electron chi connectivity index (χ4n) is 3.17. The number of rotatable bonds is 8. The van der Waals surface area contributed by atoms with Gasteiger partial charge in [0.05, 0.1) is 5.69 Å². The number of ketones is 1. The highest BCUT2D eigenvalue weighted by atomic mass is 16.2. The van der Waals surface area contributed by atoms with Crippen LogP contribution in [-0.4, -0.2) is 30.0 Å². The second kappa shape index (κ2) is 9.85. The largest absolute Gasteiger partial charge is 0.311 e. The molecule has 1 atom stereocenters. The van der Waals surface area contributed by atoms with Gasteiger partial charge in [-0.1, -0.05) is 44.7 Å². The molecule has 2 rings (SSSR count). The van der Waals surface area contributed by atoms with Crippen LogP contribution in [0, 0.1) is 5.92 Å². The Morgan fingerprint density at radius 2 is 1.70 bits per heavy atom. The van der Waals surface area contributed by atoms with Crippen LogP contribution in [0.1, 0.15) is 62.7 Å². The van der Waals surface area contributed by atoms with Crippen molar-refractivity contribution in [3.05, 3.63) is 29.8 Å². The van der Waals surface area contributed by atoms with E-state index in [0.29, 0.717) is 24.2 Å². The van der Waals surface area contributed by atoms with Gasteiger partial charge in [-0.3, -0.25) is 30.0 Å². The van der Waals surface area contributed by atoms with Gasteiger partial charge in [0.2, 0.25) is 11.8 Å². The van der Waals surface area contributed by atoms with E-state index in [-0.39, 0.29) is 5.91 Å². The molecule has 2 N–H and O–H groups in total. The van der Waals surface area contributed by atoms with E-state index in [1.54, 1.807) is 31.2 Å². The summed E-state index contributed by atoms with van der Waals surface area (Å²) in [6.07, 6.45) is 5.33. The lowest BCUT2D eigenvalue weighted by Gasteiger charge is -2.31. The average Bonchev–Trinajstić information content (AvgIpc) is 2.66. The zero-order chi connectivity index (χ0) is 19.8. The Morgan fingerprint density at radius 3 is 2.41 bits per heavy atom. The molecule has 0 fully saturated rings. The van der Waals surface area contributed by atoms with Crippen LogP contribution in [0.15, 0.2) is 24.3 Å². The van der Waals surface area contributed by atoms with Crippen molar-refractivity contribution in [2.24, 2.45) is 5.92 Å². The molecular formula is C20H27N3O4. The zero-order valence-corrected chi connectivity index (χ0v) is 15.9. The van der Waals surface area contributed by atoms with E-state index in [4.69, 9.17) is 0 Å². The van der Waals surface area contributed by atoms with Crippen LogP contribution in [0.5, 0.6) is 0 Å². The minimum Gasteiger partial charge on any atom is -0.311 e. The fraction of sp³-hybridized carbons (Fsp3) is 0.500. The third-order valence-electron chi connectivity index (χ3n) is 4.65. The minimum atomic E-state index is -1.48. The van der Waals surface area contributed by atoms with Crippen molar-refractivity contribution in [2.45, 2.75) is 52.4 Å². The predicted molar refractivity (Wildman–Crippen MR) is 102 cm³/mol. The Hall–Kier alpha value is -2.70. The van der Waals surface area contributed by atoms with E-state index < -0.39 is 23.5 Å². The molecule has 1 aliphatic heterocycles. The first-order valence-electron chi connectivity index (χ1n) is 9.54. The number of Topliss-reactive ketones (excluding diaryl/α,β-unsaturated/α-hetero) is 1. The summed E-state index contributed by atoms with van der Waals surface area (Å²) in [5, 5.41) is 0. The number of amides is 3. The molecule has 146 valence electrons. The van der Waals surface area contributed by atoms with Crippen molar-refractivity contribution >= 4 is 29.2 Å². The Kier molecular flexibility index (Phi) is 7.52. The second-order valence-electron chi connectivity index (χ2n) is 6.60. The highest BCUT2D eigenvalue weighted by Crippen LogP contribution is 2.30. The number of fused-ring (bicyclic) bond motifs is 1. The van der Waals surface area contributed by atoms with Crippen LogP contribution in [0.2, 0.25) is 0 Å². The Labute approximate surface area is 159 Å². The highest BCUT2D eigenvalue weighted by molar-refractivity contribution is 6.31. The number of benzene rings is 1. The second-order valence-corrected chi connectivity index (χ2v) is 6.60. The lowest BCUT2D eigenvalue weighted by atomic mass is 9.89. The standard InChI is InChI=1S/C20H27N3O4/c1-3-5-6-7-8-13-16(24)21-22-19(26)17-18(25)14-11-9-10-12-15(14)23(4-2)20(17)27/h9-12,17H,3-8,13H2,1-2H3,(H,21,24)(H,22,26). The van der Waals surface area contributed by atoms with Crippen LogP contribution < -0.4 is 15.8 Å². The van der Waals surface area contributed by atoms with Crippen molar-refractivity contribution in [1.29, 1.82) is 0 Å². The number of unbranched alkanes of at least 4 members (excludes halogenated alkanes) is 4. The molecule has 1 aliphatic rings. The molecule has 0 aliphatic carbocycles. The summed E-state index contributed by atoms with van der Waals surface area (Å²) in [6, 6.07) is 6.71. The lowest BCUT2D eigenvalue weighted by molar-refractivity contribution is -0.135. The normalized spacial score (nSPS) is 16.1. The van der Waals surface area contributed by atoms with Crippen LogP contribution in [0.3, 0.4) is 0 Å². The van der Waals surface area contributed by atoms with Crippen molar-refractivity contribution in [3.63, 3.8) is 0 Å². The Bertz CT molecular complexity index is 717. The summed E-state index contributed by atoms with van der Waals surface area (Å²) in [5.74, 6) is -3.75. The first kappa shape index (κ1) is 20.6. The SMILES string of the molecule is CCCCCCCC(=O)NNC(=O)C1C(=O)c2ccccc2N(CC)C1=O. The molecule has 0 saturated heterocycles. The molecule has 1 aromatic rings. The summed E-state index contributed by atoms with van der Waals surface area (Å²) in [4.78, 5) is 50.9. The third-order valence-corrected chi connectivity index (χ3v) is 4.65. The number of hydrazine groups is 1. The number of carbonyl (C=O) groups excluding carboxylic acids is 4. The number of nitrogens with one attached hydrogen (secondary N) is 2. The van der Waals surface area contributed by atoms with E-state index in [1.165, 1.54) is 4.90 Å². The van der Waals surface area contributed by atoms with Crippen molar-refractivity contribution in [3.8, 4) is 0 Å². The smallest absolute Gasteiger partial charge is 0.258 e. The van der Waals surface area contributed by atoms with E-state index in [1.807, 2.05) is 0 Å². The zero-order valence-electron chi connectivity index (χ0n) is 15.9. The van der Waals surface area contributed by atoms with Gasteiger partial charge in [0.15, 0.2) is 11.7 Å². The summed E-state index contributed by atoms with van der Waals surface area (Å²) < 4.78 is 0. The molecule has 1 unspecified atom stereocenters. The minimum absolute atomic E-state index is 0.292. The van der Waals surface area contributed by atoms with E-state index in [0.717, 1.165) is 32.1 Å². The number of nitrogens with zero attached hydrogens (tertiary/aromatic N) is 1. The number of hydrogen-bond acceptors (Lipinski definition) is 4. The van der Waals surface area contributed by atoms with Gasteiger partial charge >= 0.3 is 0 Å². The van der Waals surface area contributed by atoms with Gasteiger partial charge in [0.1, 0.15) is 0 Å². The van der Waals surface area contributed by atoms with Crippen molar-refractivity contribution in [2.75, 3.05) is 11.4 Å². The molecule has 1 heterocycles. The molecule has 0 spiro atoms. The molecule has 0 aromatic heterocycles. The molecule has 3 amide bonds. The van der Waals surface area contributed by atoms with Crippen LogP contribution >= 0.6 is 0 Å². The van der Waals surface area contributed by atoms with Gasteiger partial charge in [-0.15, -0.1) is 0 Å². The van der Waals surface area contributed by atoms with E-state index in [2.05, 4.69) is 17.8 Å². The van der Waals surface area contributed by atoms with Crippen LogP contribution in [0.25, 0.3) is 0 Å². The van der Waals surface area contributed by atoms with Gasteiger partial charge < -0.3 is 4.90 Å². The molecule has 0 radical (unpaired) electrons. The Morgan fingerprint density at radius 1 is 1.00 bits per heavy atom. The maximum atomic E-state index is 12.6. The molecule has 7 nitrogen and oxygen atoms in total. The topological polar surface area (TPSA) is 95.6 Å². The van der Waals surface area contributed by atoms with E-state index >= 15 is 0 Å². The van der Waals surface area contributed by atoms with Crippen LogP contribution in [0.4, 0.5) is 5.69 Å². The quantitative estimate of drug-likeness (QED) is 0.415. The Balaban J connectivity index is 1.95. The summed E-state index contributed by atoms with van der Waals surface area (Å²) in [6.45, 7) is 4.24.